The summed E-state index contributed by atoms with van der Waals surface area (Å²) >= 11 is 0. The number of alkyl halides is 3. The van der Waals surface area contributed by atoms with Crippen LogP contribution in [0.15, 0.2) is 18.2 Å². The molecule has 0 aromatic heterocycles. The number of rotatable bonds is 6. The second kappa shape index (κ2) is 6.86. The predicted octanol–water partition coefficient (Wildman–Crippen LogP) is 3.53. The van der Waals surface area contributed by atoms with E-state index >= 15 is 0 Å². The molecule has 0 saturated heterocycles. The highest BCUT2D eigenvalue weighted by molar-refractivity contribution is 5.29. The first-order valence-corrected chi connectivity index (χ1v) is 6.01. The molecule has 0 heterocycles. The van der Waals surface area contributed by atoms with Gasteiger partial charge in [-0.2, -0.15) is 13.2 Å². The van der Waals surface area contributed by atoms with E-state index in [0.717, 1.165) is 12.1 Å². The van der Waals surface area contributed by atoms with Crippen LogP contribution in [0.3, 0.4) is 0 Å². The van der Waals surface area contributed by atoms with Crippen molar-refractivity contribution in [1.29, 1.82) is 0 Å². The molecule has 0 bridgehead atoms. The SMILES string of the molecule is CCOCCC(NC)c1ccc(F)c(C(F)(F)F)c1. The highest BCUT2D eigenvalue weighted by Gasteiger charge is 2.34. The zero-order chi connectivity index (χ0) is 14.5. The van der Waals surface area contributed by atoms with Gasteiger partial charge in [-0.3, -0.25) is 0 Å². The number of nitrogens with one attached hydrogen (secondary N) is 1. The molecule has 108 valence electrons. The summed E-state index contributed by atoms with van der Waals surface area (Å²) in [6.45, 7) is 2.82. The molecule has 1 atom stereocenters. The van der Waals surface area contributed by atoms with E-state index in [-0.39, 0.29) is 6.04 Å². The number of halogens is 4. The molecule has 0 aliphatic heterocycles. The molecule has 2 nitrogen and oxygen atoms in total. The Bertz CT molecular complexity index is 406. The Morgan fingerprint density at radius 2 is 2.00 bits per heavy atom. The van der Waals surface area contributed by atoms with Crippen LogP contribution in [-0.4, -0.2) is 20.3 Å². The van der Waals surface area contributed by atoms with Crippen LogP contribution in [0.4, 0.5) is 17.6 Å². The Morgan fingerprint density at radius 3 is 2.53 bits per heavy atom. The number of hydrogen-bond donors (Lipinski definition) is 1. The van der Waals surface area contributed by atoms with E-state index in [1.165, 1.54) is 6.07 Å². The number of ether oxygens (including phenoxy) is 1. The van der Waals surface area contributed by atoms with Crippen molar-refractivity contribution in [2.45, 2.75) is 25.6 Å². The first-order chi connectivity index (χ1) is 8.90. The predicted molar refractivity (Wildman–Crippen MR) is 64.3 cm³/mol. The summed E-state index contributed by atoms with van der Waals surface area (Å²) in [4.78, 5) is 0. The van der Waals surface area contributed by atoms with Crippen molar-refractivity contribution in [2.24, 2.45) is 0 Å². The molecule has 0 aliphatic carbocycles. The van der Waals surface area contributed by atoms with Gasteiger partial charge in [0.2, 0.25) is 0 Å². The lowest BCUT2D eigenvalue weighted by atomic mass is 10.0. The summed E-state index contributed by atoms with van der Waals surface area (Å²) in [6.07, 6.45) is -4.16. The van der Waals surface area contributed by atoms with Crippen LogP contribution in [0.1, 0.15) is 30.5 Å². The molecule has 0 radical (unpaired) electrons. The van der Waals surface area contributed by atoms with E-state index in [4.69, 9.17) is 4.74 Å². The van der Waals surface area contributed by atoms with Crippen LogP contribution in [0.2, 0.25) is 0 Å². The molecular formula is C13H17F4NO. The van der Waals surface area contributed by atoms with Gasteiger partial charge in [0.15, 0.2) is 0 Å². The molecule has 1 N–H and O–H groups in total. The highest BCUT2D eigenvalue weighted by atomic mass is 19.4. The van der Waals surface area contributed by atoms with Crippen molar-refractivity contribution in [3.8, 4) is 0 Å². The van der Waals surface area contributed by atoms with Crippen molar-refractivity contribution in [2.75, 3.05) is 20.3 Å². The van der Waals surface area contributed by atoms with Crippen LogP contribution in [-0.2, 0) is 10.9 Å². The van der Waals surface area contributed by atoms with Gasteiger partial charge in [-0.1, -0.05) is 6.07 Å². The second-order valence-electron chi connectivity index (χ2n) is 4.06. The van der Waals surface area contributed by atoms with Crippen LogP contribution >= 0.6 is 0 Å². The molecule has 0 saturated carbocycles. The zero-order valence-corrected chi connectivity index (χ0v) is 10.9. The summed E-state index contributed by atoms with van der Waals surface area (Å²) in [5, 5.41) is 2.91. The molecule has 6 heteroatoms. The summed E-state index contributed by atoms with van der Waals surface area (Å²) < 4.78 is 56.2. The molecule has 1 rings (SSSR count). The van der Waals surface area contributed by atoms with Gasteiger partial charge in [-0.15, -0.1) is 0 Å². The molecule has 0 amide bonds. The van der Waals surface area contributed by atoms with E-state index < -0.39 is 17.6 Å². The average Bonchev–Trinajstić information content (AvgIpc) is 2.34. The molecule has 1 unspecified atom stereocenters. The molecule has 1 aromatic carbocycles. The third-order valence-corrected chi connectivity index (χ3v) is 2.80. The van der Waals surface area contributed by atoms with Crippen LogP contribution in [0.25, 0.3) is 0 Å². The van der Waals surface area contributed by atoms with E-state index in [1.54, 1.807) is 7.05 Å². The maximum absolute atomic E-state index is 13.2. The molecule has 1 aromatic rings. The van der Waals surface area contributed by atoms with Crippen molar-refractivity contribution in [3.63, 3.8) is 0 Å². The smallest absolute Gasteiger partial charge is 0.382 e. The van der Waals surface area contributed by atoms with Crippen LogP contribution < -0.4 is 5.32 Å². The van der Waals surface area contributed by atoms with E-state index in [0.29, 0.717) is 25.2 Å². The first-order valence-electron chi connectivity index (χ1n) is 6.01. The standard InChI is InChI=1S/C13H17F4NO/c1-3-19-7-6-12(18-2)9-4-5-11(14)10(8-9)13(15,16)17/h4-5,8,12,18H,3,6-7H2,1-2H3. The van der Waals surface area contributed by atoms with Crippen LogP contribution in [0.5, 0.6) is 0 Å². The third kappa shape index (κ3) is 4.47. The zero-order valence-electron chi connectivity index (χ0n) is 10.9. The topological polar surface area (TPSA) is 21.3 Å². The highest BCUT2D eigenvalue weighted by Crippen LogP contribution is 2.33. The Kier molecular flexibility index (Phi) is 5.75. The fourth-order valence-electron chi connectivity index (χ4n) is 1.80. The maximum Gasteiger partial charge on any atom is 0.419 e. The quantitative estimate of drug-likeness (QED) is 0.635. The Morgan fingerprint density at radius 1 is 1.32 bits per heavy atom. The van der Waals surface area contributed by atoms with Gasteiger partial charge in [0.1, 0.15) is 5.82 Å². The molecule has 0 aliphatic rings. The molecule has 19 heavy (non-hydrogen) atoms. The van der Waals surface area contributed by atoms with Crippen molar-refractivity contribution in [1.82, 2.24) is 5.32 Å². The third-order valence-electron chi connectivity index (χ3n) is 2.80. The summed E-state index contributed by atoms with van der Waals surface area (Å²) in [6, 6.07) is 2.76. The fraction of sp³-hybridized carbons (Fsp3) is 0.538. The van der Waals surface area contributed by atoms with E-state index in [1.807, 2.05) is 6.92 Å². The lowest BCUT2D eigenvalue weighted by Gasteiger charge is -2.18. The largest absolute Gasteiger partial charge is 0.419 e. The molecular weight excluding hydrogens is 262 g/mol. The van der Waals surface area contributed by atoms with Crippen molar-refractivity contribution >= 4 is 0 Å². The number of benzene rings is 1. The first kappa shape index (κ1) is 15.9. The monoisotopic (exact) mass is 279 g/mol. The van der Waals surface area contributed by atoms with E-state index in [9.17, 15) is 17.6 Å². The van der Waals surface area contributed by atoms with Gasteiger partial charge in [0.05, 0.1) is 5.56 Å². The second-order valence-corrected chi connectivity index (χ2v) is 4.06. The van der Waals surface area contributed by atoms with Gasteiger partial charge in [-0.05, 0) is 38.1 Å². The lowest BCUT2D eigenvalue weighted by molar-refractivity contribution is -0.140. The van der Waals surface area contributed by atoms with Crippen molar-refractivity contribution in [3.05, 3.63) is 35.1 Å². The summed E-state index contributed by atoms with van der Waals surface area (Å²) in [7, 11) is 1.65. The lowest BCUT2D eigenvalue weighted by Crippen LogP contribution is -2.19. The Balaban J connectivity index is 2.93. The minimum Gasteiger partial charge on any atom is -0.382 e. The summed E-state index contributed by atoms with van der Waals surface area (Å²) in [5.74, 6) is -1.25. The van der Waals surface area contributed by atoms with Gasteiger partial charge in [0, 0.05) is 19.3 Å². The van der Waals surface area contributed by atoms with Gasteiger partial charge in [0.25, 0.3) is 0 Å². The van der Waals surface area contributed by atoms with Crippen LogP contribution in [0, 0.1) is 5.82 Å². The average molecular weight is 279 g/mol. The minimum absolute atomic E-state index is 0.298. The van der Waals surface area contributed by atoms with E-state index in [2.05, 4.69) is 5.32 Å². The number of hydrogen-bond acceptors (Lipinski definition) is 2. The molecule has 0 fully saturated rings. The maximum atomic E-state index is 13.2. The Hall–Kier alpha value is -1.14. The van der Waals surface area contributed by atoms with Gasteiger partial charge in [-0.25, -0.2) is 4.39 Å². The van der Waals surface area contributed by atoms with Gasteiger partial charge >= 0.3 is 6.18 Å². The van der Waals surface area contributed by atoms with Gasteiger partial charge < -0.3 is 10.1 Å². The minimum atomic E-state index is -4.68. The Labute approximate surface area is 109 Å². The van der Waals surface area contributed by atoms with Crippen molar-refractivity contribution < 1.29 is 22.3 Å². The fourth-order valence-corrected chi connectivity index (χ4v) is 1.80. The molecule has 0 spiro atoms. The normalized spacial score (nSPS) is 13.6. The summed E-state index contributed by atoms with van der Waals surface area (Å²) in [5.41, 5.74) is -0.836.